The van der Waals surface area contributed by atoms with Crippen LogP contribution in [0.4, 0.5) is 0 Å². The second-order valence-corrected chi connectivity index (χ2v) is 7.31. The van der Waals surface area contributed by atoms with E-state index >= 15 is 0 Å². The fourth-order valence-electron chi connectivity index (χ4n) is 2.36. The fourth-order valence-corrected chi connectivity index (χ4v) is 3.16. The molecule has 1 unspecified atom stereocenters. The largest absolute Gasteiger partial charge is 0.312 e. The average molecular weight is 281 g/mol. The highest BCUT2D eigenvalue weighted by atomic mass is 32.2. The molecule has 0 aliphatic carbocycles. The van der Waals surface area contributed by atoms with Gasteiger partial charge in [-0.3, -0.25) is 4.79 Å². The Labute approximate surface area is 114 Å². The molecule has 0 fully saturated rings. The zero-order chi connectivity index (χ0) is 13.9. The van der Waals surface area contributed by atoms with Gasteiger partial charge in [-0.25, -0.2) is 8.42 Å². The molecule has 104 valence electrons. The number of sulfone groups is 1. The van der Waals surface area contributed by atoms with Crippen LogP contribution in [0.5, 0.6) is 0 Å². The molecule has 0 radical (unpaired) electrons. The fraction of sp³-hybridized carbons (Fsp3) is 0.500. The summed E-state index contributed by atoms with van der Waals surface area (Å²) in [6, 6.07) is 7.85. The Kier molecular flexibility index (Phi) is 4.37. The average Bonchev–Trinajstić information content (AvgIpc) is 2.44. The number of rotatable bonds is 5. The maximum atomic E-state index is 12.2. The van der Waals surface area contributed by atoms with Crippen LogP contribution in [-0.4, -0.2) is 32.3 Å². The Bertz CT molecular complexity index is 566. The Morgan fingerprint density at radius 2 is 2.11 bits per heavy atom. The van der Waals surface area contributed by atoms with Gasteiger partial charge in [-0.2, -0.15) is 0 Å². The molecule has 1 aliphatic heterocycles. The smallest absolute Gasteiger partial charge is 0.150 e. The van der Waals surface area contributed by atoms with Gasteiger partial charge >= 0.3 is 0 Å². The van der Waals surface area contributed by atoms with Crippen LogP contribution in [0.1, 0.15) is 30.4 Å². The van der Waals surface area contributed by atoms with Crippen molar-refractivity contribution in [3.8, 4) is 0 Å². The van der Waals surface area contributed by atoms with Crippen LogP contribution >= 0.6 is 0 Å². The van der Waals surface area contributed by atoms with Crippen LogP contribution in [0, 0.1) is 0 Å². The van der Waals surface area contributed by atoms with Crippen molar-refractivity contribution in [1.29, 1.82) is 0 Å². The molecule has 19 heavy (non-hydrogen) atoms. The lowest BCUT2D eigenvalue weighted by molar-refractivity contribution is -0.120. The molecule has 0 bridgehead atoms. The molecular formula is C14H19NO3S. The minimum absolute atomic E-state index is 0.0108. The van der Waals surface area contributed by atoms with Crippen molar-refractivity contribution in [2.45, 2.75) is 25.8 Å². The maximum absolute atomic E-state index is 12.2. The van der Waals surface area contributed by atoms with E-state index in [0.29, 0.717) is 6.54 Å². The zero-order valence-corrected chi connectivity index (χ0v) is 11.9. The summed E-state index contributed by atoms with van der Waals surface area (Å²) in [5.41, 5.74) is 2.17. The third-order valence-corrected chi connectivity index (χ3v) is 5.29. The second kappa shape index (κ2) is 5.84. The molecule has 5 heteroatoms. The first-order valence-corrected chi connectivity index (χ1v) is 8.37. The summed E-state index contributed by atoms with van der Waals surface area (Å²) < 4.78 is 22.9. The molecule has 0 spiro atoms. The predicted octanol–water partition coefficient (Wildman–Crippen LogP) is 1.27. The number of ketones is 1. The highest BCUT2D eigenvalue weighted by molar-refractivity contribution is 7.91. The molecule has 0 amide bonds. The summed E-state index contributed by atoms with van der Waals surface area (Å²) in [6.07, 6.45) is 0.108. The number of fused-ring (bicyclic) bond motifs is 1. The first kappa shape index (κ1) is 14.2. The first-order chi connectivity index (χ1) is 9.03. The predicted molar refractivity (Wildman–Crippen MR) is 74.8 cm³/mol. The number of hydrogen-bond acceptors (Lipinski definition) is 4. The molecule has 0 saturated heterocycles. The monoisotopic (exact) mass is 281 g/mol. The van der Waals surface area contributed by atoms with Crippen LogP contribution in [-0.2, 0) is 21.2 Å². The molecule has 1 aliphatic rings. The third kappa shape index (κ3) is 3.42. The minimum atomic E-state index is -3.07. The van der Waals surface area contributed by atoms with Crippen molar-refractivity contribution in [2.24, 2.45) is 0 Å². The number of carbonyl (C=O) groups excluding carboxylic acids is 1. The van der Waals surface area contributed by atoms with Crippen LogP contribution < -0.4 is 5.32 Å². The molecular weight excluding hydrogens is 262 g/mol. The molecule has 1 aromatic carbocycles. The van der Waals surface area contributed by atoms with Crippen molar-refractivity contribution in [1.82, 2.24) is 5.32 Å². The number of Topliss-reactive ketones (excluding diaryl/α,β-unsaturated/α-hetero) is 1. The van der Waals surface area contributed by atoms with Crippen LogP contribution in [0.2, 0.25) is 0 Å². The maximum Gasteiger partial charge on any atom is 0.150 e. The summed E-state index contributed by atoms with van der Waals surface area (Å²) in [5.74, 6) is -0.144. The lowest BCUT2D eigenvalue weighted by atomic mass is 9.87. The van der Waals surface area contributed by atoms with Crippen molar-refractivity contribution in [2.75, 3.05) is 18.1 Å². The topological polar surface area (TPSA) is 63.2 Å². The number of carbonyl (C=O) groups is 1. The quantitative estimate of drug-likeness (QED) is 0.883. The molecule has 1 heterocycles. The summed E-state index contributed by atoms with van der Waals surface area (Å²) >= 11 is 0. The third-order valence-electron chi connectivity index (χ3n) is 3.58. The highest BCUT2D eigenvalue weighted by Gasteiger charge is 2.26. The normalized spacial score (nSPS) is 18.9. The van der Waals surface area contributed by atoms with Gasteiger partial charge in [0.05, 0.1) is 11.7 Å². The van der Waals surface area contributed by atoms with Crippen molar-refractivity contribution in [3.63, 3.8) is 0 Å². The Morgan fingerprint density at radius 3 is 2.84 bits per heavy atom. The van der Waals surface area contributed by atoms with Crippen LogP contribution in [0.15, 0.2) is 24.3 Å². The molecule has 0 aromatic heterocycles. The van der Waals surface area contributed by atoms with E-state index in [4.69, 9.17) is 0 Å². The lowest BCUT2D eigenvalue weighted by Crippen LogP contribution is -2.33. The van der Waals surface area contributed by atoms with Gasteiger partial charge in [-0.15, -0.1) is 0 Å². The first-order valence-electron chi connectivity index (χ1n) is 6.55. The van der Waals surface area contributed by atoms with E-state index in [2.05, 4.69) is 5.32 Å². The molecule has 1 atom stereocenters. The van der Waals surface area contributed by atoms with Gasteiger partial charge in [0.1, 0.15) is 15.6 Å². The summed E-state index contributed by atoms with van der Waals surface area (Å²) in [7, 11) is -3.07. The summed E-state index contributed by atoms with van der Waals surface area (Å²) in [4.78, 5) is 12.2. The number of hydrogen-bond donors (Lipinski definition) is 1. The van der Waals surface area contributed by atoms with E-state index in [-0.39, 0.29) is 29.6 Å². The second-order valence-electron chi connectivity index (χ2n) is 4.83. The van der Waals surface area contributed by atoms with Gasteiger partial charge in [0, 0.05) is 25.3 Å². The van der Waals surface area contributed by atoms with Gasteiger partial charge in [-0.05, 0) is 11.1 Å². The molecule has 4 nitrogen and oxygen atoms in total. The number of benzene rings is 1. The van der Waals surface area contributed by atoms with Gasteiger partial charge in [-0.1, -0.05) is 31.2 Å². The zero-order valence-electron chi connectivity index (χ0n) is 11.1. The standard InChI is InChI=1S/C14H19NO3S/c1-2-19(17,18)8-7-14(16)13-10-15-9-11-5-3-4-6-12(11)13/h3-6,13,15H,2,7-10H2,1H3. The summed E-state index contributed by atoms with van der Waals surface area (Å²) in [6.45, 7) is 2.98. The SMILES string of the molecule is CCS(=O)(=O)CCC(=O)C1CNCc2ccccc21. The van der Waals surface area contributed by atoms with E-state index in [9.17, 15) is 13.2 Å². The van der Waals surface area contributed by atoms with Gasteiger partial charge in [0.2, 0.25) is 0 Å². The Balaban J connectivity index is 2.09. The van der Waals surface area contributed by atoms with Gasteiger partial charge < -0.3 is 5.32 Å². The van der Waals surface area contributed by atoms with Crippen molar-refractivity contribution in [3.05, 3.63) is 35.4 Å². The van der Waals surface area contributed by atoms with E-state index in [1.165, 1.54) is 0 Å². The molecule has 0 saturated carbocycles. The molecule has 1 N–H and O–H groups in total. The summed E-state index contributed by atoms with van der Waals surface area (Å²) in [5, 5.41) is 3.21. The van der Waals surface area contributed by atoms with E-state index in [1.54, 1.807) is 6.92 Å². The van der Waals surface area contributed by atoms with Gasteiger partial charge in [0.15, 0.2) is 0 Å². The minimum Gasteiger partial charge on any atom is -0.312 e. The Hall–Kier alpha value is -1.20. The lowest BCUT2D eigenvalue weighted by Gasteiger charge is -2.25. The highest BCUT2D eigenvalue weighted by Crippen LogP contribution is 2.25. The Morgan fingerprint density at radius 1 is 1.37 bits per heavy atom. The number of nitrogens with one attached hydrogen (secondary N) is 1. The van der Waals surface area contributed by atoms with Crippen molar-refractivity contribution < 1.29 is 13.2 Å². The van der Waals surface area contributed by atoms with E-state index in [1.807, 2.05) is 24.3 Å². The van der Waals surface area contributed by atoms with Crippen LogP contribution in [0.3, 0.4) is 0 Å². The van der Waals surface area contributed by atoms with E-state index in [0.717, 1.165) is 17.7 Å². The van der Waals surface area contributed by atoms with Crippen LogP contribution in [0.25, 0.3) is 0 Å². The van der Waals surface area contributed by atoms with Crippen molar-refractivity contribution >= 4 is 15.6 Å². The molecule has 1 aromatic rings. The molecule has 2 rings (SSSR count). The van der Waals surface area contributed by atoms with Gasteiger partial charge in [0.25, 0.3) is 0 Å². The van der Waals surface area contributed by atoms with E-state index < -0.39 is 9.84 Å².